The fourth-order valence-electron chi connectivity index (χ4n) is 3.12. The van der Waals surface area contributed by atoms with Crippen LogP contribution in [0.25, 0.3) is 0 Å². The van der Waals surface area contributed by atoms with Gasteiger partial charge in [0, 0.05) is 35.6 Å². The molecule has 2 aromatic rings. The number of anilines is 2. The topological polar surface area (TPSA) is 67.2 Å². The first-order valence-corrected chi connectivity index (χ1v) is 8.05. The fourth-order valence-corrected chi connectivity index (χ4v) is 3.12. The summed E-state index contributed by atoms with van der Waals surface area (Å²) in [5.74, 6) is 0. The highest BCUT2D eigenvalue weighted by Crippen LogP contribution is 2.26. The molecule has 0 spiro atoms. The third-order valence-corrected chi connectivity index (χ3v) is 4.32. The molecule has 2 aromatic carbocycles. The summed E-state index contributed by atoms with van der Waals surface area (Å²) in [6, 6.07) is 17.6. The monoisotopic (exact) mass is 311 g/mol. The standard InChI is InChI=1S/C18H21N3O2/c22-21(23)16-12-10-15(11-13-16)20-18-9-5-4-8-17(18)19-14-6-2-1-3-7-14/h1-3,6-7,10-13,17-20H,4-5,8-9H2/t17-,18-/m1/s1. The van der Waals surface area contributed by atoms with Crippen LogP contribution in [0.5, 0.6) is 0 Å². The van der Waals surface area contributed by atoms with Crippen molar-refractivity contribution in [2.75, 3.05) is 10.6 Å². The first kappa shape index (κ1) is 15.3. The molecule has 0 amide bonds. The zero-order valence-corrected chi connectivity index (χ0v) is 12.9. The third kappa shape index (κ3) is 4.00. The summed E-state index contributed by atoms with van der Waals surface area (Å²) in [4.78, 5) is 10.4. The Morgan fingerprint density at radius 2 is 1.35 bits per heavy atom. The Hall–Kier alpha value is -2.56. The summed E-state index contributed by atoms with van der Waals surface area (Å²) in [5.41, 5.74) is 2.19. The third-order valence-electron chi connectivity index (χ3n) is 4.32. The number of rotatable bonds is 5. The van der Waals surface area contributed by atoms with E-state index in [1.54, 1.807) is 24.3 Å². The second kappa shape index (κ2) is 7.13. The summed E-state index contributed by atoms with van der Waals surface area (Å²) in [5, 5.41) is 17.9. The van der Waals surface area contributed by atoms with Crippen LogP contribution < -0.4 is 10.6 Å². The molecular weight excluding hydrogens is 290 g/mol. The van der Waals surface area contributed by atoms with Crippen molar-refractivity contribution < 1.29 is 4.92 Å². The highest BCUT2D eigenvalue weighted by molar-refractivity contribution is 5.50. The van der Waals surface area contributed by atoms with Crippen LogP contribution in [0.2, 0.25) is 0 Å². The van der Waals surface area contributed by atoms with Gasteiger partial charge in [0.1, 0.15) is 0 Å². The number of para-hydroxylation sites is 1. The van der Waals surface area contributed by atoms with Gasteiger partial charge in [-0.05, 0) is 37.1 Å². The van der Waals surface area contributed by atoms with Crippen molar-refractivity contribution in [1.82, 2.24) is 0 Å². The van der Waals surface area contributed by atoms with E-state index in [1.165, 1.54) is 12.8 Å². The number of hydrogen-bond donors (Lipinski definition) is 2. The summed E-state index contributed by atoms with van der Waals surface area (Å²) < 4.78 is 0. The molecule has 0 unspecified atom stereocenters. The largest absolute Gasteiger partial charge is 0.380 e. The molecule has 0 radical (unpaired) electrons. The lowest BCUT2D eigenvalue weighted by Gasteiger charge is -2.34. The molecule has 0 aromatic heterocycles. The van der Waals surface area contributed by atoms with Crippen molar-refractivity contribution in [2.24, 2.45) is 0 Å². The SMILES string of the molecule is O=[N+]([O-])c1ccc(N[C@@H]2CCCC[C@H]2Nc2ccccc2)cc1. The van der Waals surface area contributed by atoms with Crippen LogP contribution in [-0.2, 0) is 0 Å². The molecule has 1 aliphatic rings. The molecule has 5 heteroatoms. The van der Waals surface area contributed by atoms with E-state index in [4.69, 9.17) is 0 Å². The van der Waals surface area contributed by atoms with Gasteiger partial charge in [-0.3, -0.25) is 10.1 Å². The molecule has 1 fully saturated rings. The van der Waals surface area contributed by atoms with Gasteiger partial charge in [-0.25, -0.2) is 0 Å². The van der Waals surface area contributed by atoms with Gasteiger partial charge in [0.15, 0.2) is 0 Å². The molecule has 3 rings (SSSR count). The maximum Gasteiger partial charge on any atom is 0.269 e. The van der Waals surface area contributed by atoms with Crippen molar-refractivity contribution in [3.05, 3.63) is 64.7 Å². The number of hydrogen-bond acceptors (Lipinski definition) is 4. The first-order valence-electron chi connectivity index (χ1n) is 8.05. The van der Waals surface area contributed by atoms with Gasteiger partial charge in [0.05, 0.1) is 4.92 Å². The average Bonchev–Trinajstić information content (AvgIpc) is 2.58. The lowest BCUT2D eigenvalue weighted by atomic mass is 9.90. The second-order valence-electron chi connectivity index (χ2n) is 5.96. The molecule has 1 saturated carbocycles. The zero-order chi connectivity index (χ0) is 16.1. The predicted octanol–water partition coefficient (Wildman–Crippen LogP) is 4.43. The van der Waals surface area contributed by atoms with E-state index in [2.05, 4.69) is 22.8 Å². The average molecular weight is 311 g/mol. The van der Waals surface area contributed by atoms with Crippen molar-refractivity contribution >= 4 is 17.1 Å². The van der Waals surface area contributed by atoms with E-state index in [-0.39, 0.29) is 10.6 Å². The Morgan fingerprint density at radius 1 is 0.826 bits per heavy atom. The van der Waals surface area contributed by atoms with Gasteiger partial charge in [0.2, 0.25) is 0 Å². The lowest BCUT2D eigenvalue weighted by molar-refractivity contribution is -0.384. The van der Waals surface area contributed by atoms with Crippen molar-refractivity contribution in [2.45, 2.75) is 37.8 Å². The molecule has 1 aliphatic carbocycles. The van der Waals surface area contributed by atoms with Crippen molar-refractivity contribution in [3.63, 3.8) is 0 Å². The van der Waals surface area contributed by atoms with Gasteiger partial charge in [-0.2, -0.15) is 0 Å². The minimum Gasteiger partial charge on any atom is -0.380 e. The predicted molar refractivity (Wildman–Crippen MR) is 92.8 cm³/mol. The Kier molecular flexibility index (Phi) is 4.76. The Balaban J connectivity index is 1.67. The van der Waals surface area contributed by atoms with Crippen molar-refractivity contribution in [1.29, 1.82) is 0 Å². The number of nitro benzene ring substituents is 1. The molecular formula is C18H21N3O2. The van der Waals surface area contributed by atoms with Crippen LogP contribution in [0, 0.1) is 10.1 Å². The van der Waals surface area contributed by atoms with Crippen LogP contribution in [0.3, 0.4) is 0 Å². The van der Waals surface area contributed by atoms with Gasteiger partial charge in [-0.15, -0.1) is 0 Å². The molecule has 0 saturated heterocycles. The minimum absolute atomic E-state index is 0.123. The Morgan fingerprint density at radius 3 is 1.87 bits per heavy atom. The Labute approximate surface area is 135 Å². The lowest BCUT2D eigenvalue weighted by Crippen LogP contribution is -2.41. The number of nitrogens with one attached hydrogen (secondary N) is 2. The first-order chi connectivity index (χ1) is 11.2. The molecule has 0 heterocycles. The molecule has 0 bridgehead atoms. The summed E-state index contributed by atoms with van der Waals surface area (Å²) in [6.45, 7) is 0. The number of non-ortho nitro benzene ring substituents is 1. The van der Waals surface area contributed by atoms with Crippen LogP contribution >= 0.6 is 0 Å². The number of nitro groups is 1. The molecule has 2 N–H and O–H groups in total. The summed E-state index contributed by atoms with van der Waals surface area (Å²) in [6.07, 6.45) is 4.65. The van der Waals surface area contributed by atoms with E-state index < -0.39 is 0 Å². The summed E-state index contributed by atoms with van der Waals surface area (Å²) >= 11 is 0. The second-order valence-corrected chi connectivity index (χ2v) is 5.96. The summed E-state index contributed by atoms with van der Waals surface area (Å²) in [7, 11) is 0. The van der Waals surface area contributed by atoms with Gasteiger partial charge < -0.3 is 10.6 Å². The van der Waals surface area contributed by atoms with E-state index >= 15 is 0 Å². The van der Waals surface area contributed by atoms with E-state index in [0.29, 0.717) is 12.1 Å². The number of benzene rings is 2. The Bertz CT molecular complexity index is 643. The van der Waals surface area contributed by atoms with E-state index in [0.717, 1.165) is 24.2 Å². The van der Waals surface area contributed by atoms with E-state index in [9.17, 15) is 10.1 Å². The minimum atomic E-state index is -0.371. The molecule has 5 nitrogen and oxygen atoms in total. The van der Waals surface area contributed by atoms with Crippen LogP contribution in [0.1, 0.15) is 25.7 Å². The van der Waals surface area contributed by atoms with Gasteiger partial charge >= 0.3 is 0 Å². The van der Waals surface area contributed by atoms with Crippen molar-refractivity contribution in [3.8, 4) is 0 Å². The normalized spacial score (nSPS) is 20.7. The van der Waals surface area contributed by atoms with E-state index in [1.807, 2.05) is 18.2 Å². The number of nitrogens with zero attached hydrogens (tertiary/aromatic N) is 1. The molecule has 23 heavy (non-hydrogen) atoms. The zero-order valence-electron chi connectivity index (χ0n) is 12.9. The highest BCUT2D eigenvalue weighted by Gasteiger charge is 2.25. The van der Waals surface area contributed by atoms with Gasteiger partial charge in [0.25, 0.3) is 5.69 Å². The fraction of sp³-hybridized carbons (Fsp3) is 0.333. The highest BCUT2D eigenvalue weighted by atomic mass is 16.6. The van der Waals surface area contributed by atoms with Gasteiger partial charge in [-0.1, -0.05) is 31.0 Å². The maximum absolute atomic E-state index is 10.7. The smallest absolute Gasteiger partial charge is 0.269 e. The van der Waals surface area contributed by atoms with Crippen LogP contribution in [0.4, 0.5) is 17.1 Å². The van der Waals surface area contributed by atoms with Crippen LogP contribution in [-0.4, -0.2) is 17.0 Å². The maximum atomic E-state index is 10.7. The molecule has 120 valence electrons. The quantitative estimate of drug-likeness (QED) is 0.633. The van der Waals surface area contributed by atoms with Crippen LogP contribution in [0.15, 0.2) is 54.6 Å². The molecule has 0 aliphatic heterocycles. The molecule has 2 atom stereocenters.